The number of fused-ring (bicyclic) bond motifs is 1. The zero-order valence-electron chi connectivity index (χ0n) is 12.1. The Kier molecular flexibility index (Phi) is 4.02. The number of ketones is 1. The maximum Gasteiger partial charge on any atom is 0.220 e. The molecule has 0 saturated carbocycles. The number of rotatable bonds is 2. The second kappa shape index (κ2) is 5.79. The number of nitrogens with zero attached hydrogens (tertiary/aromatic N) is 1. The van der Waals surface area contributed by atoms with Gasteiger partial charge in [-0.15, -0.1) is 0 Å². The molecular formula is C16H19BrN2O2. The molecule has 2 heterocycles. The van der Waals surface area contributed by atoms with Gasteiger partial charge in [0.15, 0.2) is 5.78 Å². The van der Waals surface area contributed by atoms with Crippen LogP contribution in [0.4, 0.5) is 5.69 Å². The van der Waals surface area contributed by atoms with Crippen molar-refractivity contribution >= 4 is 33.3 Å². The molecule has 21 heavy (non-hydrogen) atoms. The van der Waals surface area contributed by atoms with Crippen molar-refractivity contribution in [2.75, 3.05) is 18.0 Å². The molecule has 1 N–H and O–H groups in total. The molecule has 5 heteroatoms. The van der Waals surface area contributed by atoms with E-state index in [1.54, 1.807) is 6.92 Å². The maximum absolute atomic E-state index is 11.5. The van der Waals surface area contributed by atoms with Gasteiger partial charge in [-0.1, -0.05) is 0 Å². The number of benzene rings is 1. The van der Waals surface area contributed by atoms with Crippen LogP contribution in [-0.4, -0.2) is 30.8 Å². The van der Waals surface area contributed by atoms with E-state index in [4.69, 9.17) is 0 Å². The first kappa shape index (κ1) is 14.6. The summed E-state index contributed by atoms with van der Waals surface area (Å²) in [5.74, 6) is 0.795. The first-order valence-corrected chi connectivity index (χ1v) is 8.18. The average Bonchev–Trinajstić information content (AvgIpc) is 2.46. The number of hydrogen-bond donors (Lipinski definition) is 1. The first-order chi connectivity index (χ1) is 10.0. The van der Waals surface area contributed by atoms with Crippen LogP contribution in [0.1, 0.15) is 36.5 Å². The Bertz CT molecular complexity index is 588. The summed E-state index contributed by atoms with van der Waals surface area (Å²) in [7, 11) is 0. The average molecular weight is 351 g/mol. The molecule has 0 bridgehead atoms. The minimum absolute atomic E-state index is 0.0796. The van der Waals surface area contributed by atoms with Gasteiger partial charge in [0.05, 0.1) is 5.69 Å². The zero-order valence-corrected chi connectivity index (χ0v) is 13.6. The normalized spacial score (nSPS) is 25.2. The molecule has 4 nitrogen and oxygen atoms in total. The molecule has 2 atom stereocenters. The summed E-state index contributed by atoms with van der Waals surface area (Å²) in [6, 6.07) is 6.13. The van der Waals surface area contributed by atoms with Crippen molar-refractivity contribution in [2.24, 2.45) is 5.92 Å². The number of carbonyl (C=O) groups excluding carboxylic acids is 2. The van der Waals surface area contributed by atoms with Crippen LogP contribution < -0.4 is 10.2 Å². The third kappa shape index (κ3) is 2.98. The summed E-state index contributed by atoms with van der Waals surface area (Å²) in [6.07, 6.45) is 2.59. The topological polar surface area (TPSA) is 49.4 Å². The predicted octanol–water partition coefficient (Wildman–Crippen LogP) is 2.76. The van der Waals surface area contributed by atoms with E-state index in [1.165, 1.54) is 0 Å². The van der Waals surface area contributed by atoms with E-state index in [9.17, 15) is 9.59 Å². The molecule has 2 saturated heterocycles. The van der Waals surface area contributed by atoms with Crippen molar-refractivity contribution in [3.05, 3.63) is 28.2 Å². The fraction of sp³-hybridized carbons (Fsp3) is 0.500. The molecule has 1 amide bonds. The van der Waals surface area contributed by atoms with E-state index in [1.807, 2.05) is 18.2 Å². The second-order valence-electron chi connectivity index (χ2n) is 5.93. The molecule has 2 fully saturated rings. The highest BCUT2D eigenvalue weighted by Crippen LogP contribution is 2.33. The Morgan fingerprint density at radius 2 is 2.19 bits per heavy atom. The second-order valence-corrected chi connectivity index (χ2v) is 6.78. The van der Waals surface area contributed by atoms with Crippen molar-refractivity contribution in [2.45, 2.75) is 32.2 Å². The van der Waals surface area contributed by atoms with Crippen LogP contribution in [0.5, 0.6) is 0 Å². The fourth-order valence-electron chi connectivity index (χ4n) is 3.31. The fourth-order valence-corrected chi connectivity index (χ4v) is 3.94. The summed E-state index contributed by atoms with van der Waals surface area (Å²) in [5, 5.41) is 3.11. The van der Waals surface area contributed by atoms with Crippen molar-refractivity contribution in [1.29, 1.82) is 0 Å². The standard InChI is InChI=1S/C16H19BrN2O2/c1-10(20)11-2-4-15(13(17)8-11)19-7-6-14-12(9-19)3-5-16(21)18-14/h2,4,8,12,14H,3,5-7,9H2,1H3,(H,18,21). The van der Waals surface area contributed by atoms with E-state index in [-0.39, 0.29) is 11.7 Å². The Morgan fingerprint density at radius 3 is 2.90 bits per heavy atom. The van der Waals surface area contributed by atoms with Crippen molar-refractivity contribution in [3.8, 4) is 0 Å². The van der Waals surface area contributed by atoms with Crippen LogP contribution in [0.3, 0.4) is 0 Å². The molecule has 3 rings (SSSR count). The third-order valence-electron chi connectivity index (χ3n) is 4.52. The third-order valence-corrected chi connectivity index (χ3v) is 5.15. The lowest BCUT2D eigenvalue weighted by Gasteiger charge is -2.42. The number of nitrogens with one attached hydrogen (secondary N) is 1. The molecule has 1 aromatic carbocycles. The van der Waals surface area contributed by atoms with Gasteiger partial charge in [-0.3, -0.25) is 9.59 Å². The molecule has 112 valence electrons. The van der Waals surface area contributed by atoms with Gasteiger partial charge in [0.25, 0.3) is 0 Å². The highest BCUT2D eigenvalue weighted by Gasteiger charge is 2.34. The van der Waals surface area contributed by atoms with Crippen molar-refractivity contribution in [1.82, 2.24) is 5.32 Å². The van der Waals surface area contributed by atoms with E-state index < -0.39 is 0 Å². The van der Waals surface area contributed by atoms with Crippen molar-refractivity contribution in [3.63, 3.8) is 0 Å². The molecule has 2 unspecified atom stereocenters. The summed E-state index contributed by atoms with van der Waals surface area (Å²) in [6.45, 7) is 3.47. The largest absolute Gasteiger partial charge is 0.370 e. The quantitative estimate of drug-likeness (QED) is 0.834. The number of anilines is 1. The lowest BCUT2D eigenvalue weighted by molar-refractivity contribution is -0.124. The Morgan fingerprint density at radius 1 is 1.38 bits per heavy atom. The lowest BCUT2D eigenvalue weighted by atomic mass is 9.85. The van der Waals surface area contributed by atoms with Gasteiger partial charge >= 0.3 is 0 Å². The summed E-state index contributed by atoms with van der Waals surface area (Å²) in [5.41, 5.74) is 1.86. The minimum atomic E-state index is 0.0796. The number of hydrogen-bond acceptors (Lipinski definition) is 3. The van der Waals surface area contributed by atoms with Gasteiger partial charge in [-0.25, -0.2) is 0 Å². The summed E-state index contributed by atoms with van der Waals surface area (Å²) in [4.78, 5) is 25.2. The van der Waals surface area contributed by atoms with Crippen LogP contribution in [0.25, 0.3) is 0 Å². The van der Waals surface area contributed by atoms with Gasteiger partial charge in [0.1, 0.15) is 0 Å². The van der Waals surface area contributed by atoms with E-state index in [2.05, 4.69) is 26.1 Å². The zero-order chi connectivity index (χ0) is 15.0. The first-order valence-electron chi connectivity index (χ1n) is 7.39. The van der Waals surface area contributed by atoms with Gasteiger partial charge in [-0.05, 0) is 59.8 Å². The van der Waals surface area contributed by atoms with Gasteiger partial charge in [0, 0.05) is 35.6 Å². The molecule has 0 aliphatic carbocycles. The van der Waals surface area contributed by atoms with E-state index >= 15 is 0 Å². The highest BCUT2D eigenvalue weighted by molar-refractivity contribution is 9.10. The Hall–Kier alpha value is -1.36. The maximum atomic E-state index is 11.5. The number of piperidine rings is 2. The molecule has 0 radical (unpaired) electrons. The summed E-state index contributed by atoms with van der Waals surface area (Å²) < 4.78 is 0.966. The molecule has 0 spiro atoms. The lowest BCUT2D eigenvalue weighted by Crippen LogP contribution is -2.54. The van der Waals surface area contributed by atoms with Gasteiger partial charge < -0.3 is 10.2 Å². The number of Topliss-reactive ketones (excluding diaryl/α,β-unsaturated/α-hetero) is 1. The molecule has 2 aliphatic heterocycles. The predicted molar refractivity (Wildman–Crippen MR) is 85.6 cm³/mol. The SMILES string of the molecule is CC(=O)c1ccc(N2CCC3NC(=O)CCC3C2)c(Br)c1. The van der Waals surface area contributed by atoms with Crippen LogP contribution in [0, 0.1) is 5.92 Å². The molecule has 2 aliphatic rings. The monoisotopic (exact) mass is 350 g/mol. The van der Waals surface area contributed by atoms with Crippen LogP contribution >= 0.6 is 15.9 Å². The molecule has 0 aromatic heterocycles. The van der Waals surface area contributed by atoms with Gasteiger partial charge in [0.2, 0.25) is 5.91 Å². The van der Waals surface area contributed by atoms with E-state index in [0.29, 0.717) is 18.4 Å². The van der Waals surface area contributed by atoms with Crippen LogP contribution in [-0.2, 0) is 4.79 Å². The highest BCUT2D eigenvalue weighted by atomic mass is 79.9. The number of carbonyl (C=O) groups is 2. The van der Waals surface area contributed by atoms with E-state index in [0.717, 1.165) is 41.7 Å². The summed E-state index contributed by atoms with van der Waals surface area (Å²) >= 11 is 3.58. The Labute approximate surface area is 133 Å². The minimum Gasteiger partial charge on any atom is -0.370 e. The Balaban J connectivity index is 1.76. The van der Waals surface area contributed by atoms with Crippen molar-refractivity contribution < 1.29 is 9.59 Å². The molecular weight excluding hydrogens is 332 g/mol. The van der Waals surface area contributed by atoms with Crippen LogP contribution in [0.15, 0.2) is 22.7 Å². The van der Waals surface area contributed by atoms with Crippen LogP contribution in [0.2, 0.25) is 0 Å². The number of amides is 1. The number of halogens is 1. The van der Waals surface area contributed by atoms with Gasteiger partial charge in [-0.2, -0.15) is 0 Å². The smallest absolute Gasteiger partial charge is 0.220 e. The molecule has 1 aromatic rings.